The molecule has 0 radical (unpaired) electrons. The Hall–Kier alpha value is -3.02. The fourth-order valence-electron chi connectivity index (χ4n) is 3.49. The summed E-state index contributed by atoms with van der Waals surface area (Å²) in [7, 11) is 0. The Bertz CT molecular complexity index is 915. The molecule has 0 aromatic heterocycles. The highest BCUT2D eigenvalue weighted by Gasteiger charge is 2.35. The first-order valence-corrected chi connectivity index (χ1v) is 9.43. The molecule has 1 atom stereocenters. The number of anilines is 2. The maximum absolute atomic E-state index is 12.7. The number of nitrogens with zero attached hydrogens (tertiary/aromatic N) is 1. The average molecular weight is 380 g/mol. The van der Waals surface area contributed by atoms with E-state index in [2.05, 4.69) is 26.1 Å². The number of ether oxygens (including phenoxy) is 2. The molecule has 1 N–H and O–H groups in total. The summed E-state index contributed by atoms with van der Waals surface area (Å²) in [6.45, 7) is 7.02. The maximum atomic E-state index is 12.7. The van der Waals surface area contributed by atoms with Gasteiger partial charge < -0.3 is 19.7 Å². The number of carbonyl (C=O) groups excluding carboxylic acids is 2. The molecule has 0 bridgehead atoms. The zero-order valence-electron chi connectivity index (χ0n) is 16.3. The van der Waals surface area contributed by atoms with Crippen molar-refractivity contribution in [3.05, 3.63) is 48.0 Å². The molecule has 28 heavy (non-hydrogen) atoms. The number of amides is 2. The Morgan fingerprint density at radius 1 is 1.07 bits per heavy atom. The molecule has 146 valence electrons. The Morgan fingerprint density at radius 3 is 2.50 bits per heavy atom. The van der Waals surface area contributed by atoms with Crippen LogP contribution in [0.2, 0.25) is 0 Å². The van der Waals surface area contributed by atoms with Crippen LogP contribution >= 0.6 is 0 Å². The Labute approximate surface area is 164 Å². The second-order valence-corrected chi connectivity index (χ2v) is 8.26. The van der Waals surface area contributed by atoms with Crippen molar-refractivity contribution in [1.82, 2.24) is 0 Å². The molecular formula is C22H24N2O4. The van der Waals surface area contributed by atoms with Gasteiger partial charge in [-0.15, -0.1) is 0 Å². The van der Waals surface area contributed by atoms with Crippen molar-refractivity contribution < 1.29 is 19.1 Å². The van der Waals surface area contributed by atoms with Gasteiger partial charge in [0.1, 0.15) is 0 Å². The highest BCUT2D eigenvalue weighted by molar-refractivity contribution is 6.03. The van der Waals surface area contributed by atoms with Gasteiger partial charge in [0.15, 0.2) is 11.5 Å². The molecule has 6 heteroatoms. The fourth-order valence-corrected chi connectivity index (χ4v) is 3.49. The topological polar surface area (TPSA) is 67.9 Å². The van der Waals surface area contributed by atoms with Crippen LogP contribution in [0.5, 0.6) is 11.5 Å². The summed E-state index contributed by atoms with van der Waals surface area (Å²) in [6.07, 6.45) is 0.206. The van der Waals surface area contributed by atoms with Crippen molar-refractivity contribution in [2.24, 2.45) is 5.92 Å². The molecule has 1 saturated heterocycles. The number of fused-ring (bicyclic) bond motifs is 1. The molecular weight excluding hydrogens is 356 g/mol. The van der Waals surface area contributed by atoms with Crippen molar-refractivity contribution in [3.8, 4) is 11.5 Å². The Balaban J connectivity index is 1.43. The van der Waals surface area contributed by atoms with Crippen LogP contribution in [0.3, 0.4) is 0 Å². The lowest BCUT2D eigenvalue weighted by Crippen LogP contribution is -2.28. The summed E-state index contributed by atoms with van der Waals surface area (Å²) in [6, 6.07) is 13.3. The number of benzene rings is 2. The van der Waals surface area contributed by atoms with Gasteiger partial charge in [-0.05, 0) is 35.2 Å². The Morgan fingerprint density at radius 2 is 1.79 bits per heavy atom. The van der Waals surface area contributed by atoms with Gasteiger partial charge in [-0.25, -0.2) is 0 Å². The summed E-state index contributed by atoms with van der Waals surface area (Å²) in [4.78, 5) is 26.8. The first-order chi connectivity index (χ1) is 13.3. The SMILES string of the molecule is CC(C)(C)c1ccc(N2CC(C(=O)Nc3ccc4c(c3)OCO4)CC2=O)cc1. The quantitative estimate of drug-likeness (QED) is 0.882. The van der Waals surface area contributed by atoms with Crippen molar-refractivity contribution in [3.63, 3.8) is 0 Å². The molecule has 2 aliphatic heterocycles. The number of rotatable bonds is 3. The first kappa shape index (κ1) is 18.3. The maximum Gasteiger partial charge on any atom is 0.231 e. The smallest absolute Gasteiger partial charge is 0.231 e. The minimum Gasteiger partial charge on any atom is -0.454 e. The summed E-state index contributed by atoms with van der Waals surface area (Å²) in [5.74, 6) is 0.690. The first-order valence-electron chi connectivity index (χ1n) is 9.43. The average Bonchev–Trinajstić information content (AvgIpc) is 3.27. The zero-order valence-corrected chi connectivity index (χ0v) is 16.3. The van der Waals surface area contributed by atoms with E-state index in [-0.39, 0.29) is 36.4 Å². The monoisotopic (exact) mass is 380 g/mol. The largest absolute Gasteiger partial charge is 0.454 e. The predicted molar refractivity (Wildman–Crippen MR) is 107 cm³/mol. The van der Waals surface area contributed by atoms with Gasteiger partial charge in [0.2, 0.25) is 18.6 Å². The van der Waals surface area contributed by atoms with E-state index in [4.69, 9.17) is 9.47 Å². The van der Waals surface area contributed by atoms with E-state index in [9.17, 15) is 9.59 Å². The second-order valence-electron chi connectivity index (χ2n) is 8.26. The lowest BCUT2D eigenvalue weighted by atomic mass is 9.87. The minimum atomic E-state index is -0.389. The fraction of sp³-hybridized carbons (Fsp3) is 0.364. The molecule has 1 unspecified atom stereocenters. The van der Waals surface area contributed by atoms with Gasteiger partial charge >= 0.3 is 0 Å². The van der Waals surface area contributed by atoms with Crippen LogP contribution in [0.25, 0.3) is 0 Å². The molecule has 2 aromatic rings. The second kappa shape index (κ2) is 6.86. The van der Waals surface area contributed by atoms with Gasteiger partial charge in [0.25, 0.3) is 0 Å². The molecule has 2 aromatic carbocycles. The normalized spacial score (nSPS) is 18.5. The summed E-state index contributed by atoms with van der Waals surface area (Å²) in [5, 5.41) is 2.88. The highest BCUT2D eigenvalue weighted by atomic mass is 16.7. The minimum absolute atomic E-state index is 0.0330. The van der Waals surface area contributed by atoms with Crippen molar-refractivity contribution in [2.45, 2.75) is 32.6 Å². The van der Waals surface area contributed by atoms with Gasteiger partial charge in [0.05, 0.1) is 5.92 Å². The van der Waals surface area contributed by atoms with Crippen LogP contribution in [0.1, 0.15) is 32.8 Å². The van der Waals surface area contributed by atoms with Gasteiger partial charge in [0, 0.05) is 30.4 Å². The van der Waals surface area contributed by atoms with Crippen LogP contribution in [-0.2, 0) is 15.0 Å². The van der Waals surface area contributed by atoms with Crippen LogP contribution in [0.4, 0.5) is 11.4 Å². The molecule has 0 spiro atoms. The van der Waals surface area contributed by atoms with E-state index in [1.165, 1.54) is 5.56 Å². The molecule has 2 heterocycles. The van der Waals surface area contributed by atoms with E-state index in [0.29, 0.717) is 23.7 Å². The number of hydrogen-bond donors (Lipinski definition) is 1. The molecule has 0 saturated carbocycles. The predicted octanol–water partition coefficient (Wildman–Crippen LogP) is 3.70. The van der Waals surface area contributed by atoms with E-state index in [1.54, 1.807) is 23.1 Å². The van der Waals surface area contributed by atoms with Crippen molar-refractivity contribution in [1.29, 1.82) is 0 Å². The number of carbonyl (C=O) groups is 2. The third kappa shape index (κ3) is 3.54. The van der Waals surface area contributed by atoms with Crippen molar-refractivity contribution >= 4 is 23.2 Å². The summed E-state index contributed by atoms with van der Waals surface area (Å²) >= 11 is 0. The van der Waals surface area contributed by atoms with E-state index < -0.39 is 0 Å². The third-order valence-corrected chi connectivity index (χ3v) is 5.18. The van der Waals surface area contributed by atoms with Crippen LogP contribution < -0.4 is 19.7 Å². The summed E-state index contributed by atoms with van der Waals surface area (Å²) < 4.78 is 10.6. The van der Waals surface area contributed by atoms with Crippen LogP contribution in [0.15, 0.2) is 42.5 Å². The van der Waals surface area contributed by atoms with Crippen LogP contribution in [0, 0.1) is 5.92 Å². The third-order valence-electron chi connectivity index (χ3n) is 5.18. The van der Waals surface area contributed by atoms with Gasteiger partial charge in [-0.2, -0.15) is 0 Å². The lowest BCUT2D eigenvalue weighted by molar-refractivity contribution is -0.122. The molecule has 2 amide bonds. The van der Waals surface area contributed by atoms with Gasteiger partial charge in [-0.3, -0.25) is 9.59 Å². The highest BCUT2D eigenvalue weighted by Crippen LogP contribution is 2.35. The van der Waals surface area contributed by atoms with E-state index in [1.807, 2.05) is 24.3 Å². The van der Waals surface area contributed by atoms with Gasteiger partial charge in [-0.1, -0.05) is 32.9 Å². The van der Waals surface area contributed by atoms with E-state index in [0.717, 1.165) is 5.69 Å². The molecule has 1 fully saturated rings. The zero-order chi connectivity index (χ0) is 19.9. The lowest BCUT2D eigenvalue weighted by Gasteiger charge is -2.21. The number of hydrogen-bond acceptors (Lipinski definition) is 4. The van der Waals surface area contributed by atoms with E-state index >= 15 is 0 Å². The molecule has 4 rings (SSSR count). The summed E-state index contributed by atoms with van der Waals surface area (Å²) in [5.41, 5.74) is 2.73. The van der Waals surface area contributed by atoms with Crippen LogP contribution in [-0.4, -0.2) is 25.2 Å². The Kier molecular flexibility index (Phi) is 4.49. The van der Waals surface area contributed by atoms with Crippen molar-refractivity contribution in [2.75, 3.05) is 23.6 Å². The number of nitrogens with one attached hydrogen (secondary N) is 1. The molecule has 2 aliphatic rings. The molecule has 6 nitrogen and oxygen atoms in total. The standard InChI is InChI=1S/C22H24N2O4/c1-22(2,3)15-4-7-17(8-5-15)24-12-14(10-20(24)25)21(26)23-16-6-9-18-19(11-16)28-13-27-18/h4-9,11,14H,10,12-13H2,1-3H3,(H,23,26). The molecule has 0 aliphatic carbocycles.